The van der Waals surface area contributed by atoms with Gasteiger partial charge in [0.1, 0.15) is 0 Å². The van der Waals surface area contributed by atoms with Gasteiger partial charge in [-0.1, -0.05) is 30.3 Å². The van der Waals surface area contributed by atoms with Gasteiger partial charge in [-0.25, -0.2) is 0 Å². The molecule has 156 valence electrons. The van der Waals surface area contributed by atoms with E-state index in [0.717, 1.165) is 57.8 Å². The largest absolute Gasteiger partial charge is 0.469 e. The lowest BCUT2D eigenvalue weighted by Gasteiger charge is -2.41. The van der Waals surface area contributed by atoms with Gasteiger partial charge in [0, 0.05) is 12.1 Å². The first-order valence-corrected chi connectivity index (χ1v) is 11.1. The number of hydrogen-bond acceptors (Lipinski definition) is 4. The Morgan fingerprint density at radius 3 is 2.34 bits per heavy atom. The Morgan fingerprint density at radius 2 is 1.66 bits per heavy atom. The number of esters is 1. The van der Waals surface area contributed by atoms with Crippen LogP contribution in [0.3, 0.4) is 0 Å². The van der Waals surface area contributed by atoms with Crippen LogP contribution in [0.2, 0.25) is 0 Å². The Hall–Kier alpha value is -1.88. The molecule has 4 atom stereocenters. The minimum absolute atomic E-state index is 0.0865. The molecule has 1 aromatic rings. The van der Waals surface area contributed by atoms with Crippen LogP contribution in [0.4, 0.5) is 0 Å². The average Bonchev–Trinajstić information content (AvgIpc) is 3.10. The molecule has 0 saturated heterocycles. The minimum Gasteiger partial charge on any atom is -0.469 e. The summed E-state index contributed by atoms with van der Waals surface area (Å²) >= 11 is 0. The van der Waals surface area contributed by atoms with E-state index in [1.54, 1.807) is 0 Å². The molecule has 29 heavy (non-hydrogen) atoms. The molecule has 0 radical (unpaired) electrons. The fraction of sp³-hybridized carbons (Fsp3) is 0.667. The van der Waals surface area contributed by atoms with Crippen molar-refractivity contribution in [1.29, 1.82) is 0 Å². The maximum absolute atomic E-state index is 13.8. The molecular formula is C24H32N2O3. The third kappa shape index (κ3) is 2.62. The molecule has 5 saturated carbocycles. The second kappa shape index (κ2) is 6.56. The van der Waals surface area contributed by atoms with E-state index in [1.165, 1.54) is 12.7 Å². The molecule has 5 fully saturated rings. The number of ether oxygens (including phenoxy) is 1. The molecule has 0 aromatic heterocycles. The number of carbonyl (C=O) groups excluding carboxylic acids is 2. The van der Waals surface area contributed by atoms with Crippen LogP contribution < -0.4 is 11.1 Å². The second-order valence-electron chi connectivity index (χ2n) is 10.2. The van der Waals surface area contributed by atoms with E-state index < -0.39 is 10.8 Å². The predicted molar refractivity (Wildman–Crippen MR) is 110 cm³/mol. The van der Waals surface area contributed by atoms with Crippen molar-refractivity contribution in [3.05, 3.63) is 35.9 Å². The molecule has 1 aromatic carbocycles. The lowest BCUT2D eigenvalue weighted by molar-refractivity contribution is -0.163. The van der Waals surface area contributed by atoms with Crippen LogP contribution in [0.5, 0.6) is 0 Å². The van der Waals surface area contributed by atoms with Crippen molar-refractivity contribution >= 4 is 11.9 Å². The van der Waals surface area contributed by atoms with Gasteiger partial charge in [0.2, 0.25) is 5.91 Å². The topological polar surface area (TPSA) is 81.4 Å². The molecule has 6 rings (SSSR count). The Kier molecular flexibility index (Phi) is 4.32. The van der Waals surface area contributed by atoms with Gasteiger partial charge >= 0.3 is 5.97 Å². The van der Waals surface area contributed by atoms with Crippen LogP contribution in [0, 0.1) is 16.7 Å². The first-order chi connectivity index (χ1) is 13.9. The smallest absolute Gasteiger partial charge is 0.312 e. The van der Waals surface area contributed by atoms with Crippen LogP contribution in [0.25, 0.3) is 0 Å². The zero-order valence-electron chi connectivity index (χ0n) is 17.3. The van der Waals surface area contributed by atoms with Gasteiger partial charge in [-0.2, -0.15) is 0 Å². The summed E-state index contributed by atoms with van der Waals surface area (Å²) in [5.41, 5.74) is 5.90. The van der Waals surface area contributed by atoms with Crippen LogP contribution in [-0.2, 0) is 19.7 Å². The van der Waals surface area contributed by atoms with Gasteiger partial charge in [-0.3, -0.25) is 9.59 Å². The van der Waals surface area contributed by atoms with E-state index in [2.05, 4.69) is 29.6 Å². The summed E-state index contributed by atoms with van der Waals surface area (Å²) in [6.07, 6.45) is 7.94. The molecule has 0 spiro atoms. The maximum atomic E-state index is 13.8. The number of hydrogen-bond donors (Lipinski definition) is 2. The number of rotatable bonds is 4. The molecule has 3 N–H and O–H groups in total. The average molecular weight is 397 g/mol. The Labute approximate surface area is 172 Å². The molecular weight excluding hydrogens is 364 g/mol. The van der Waals surface area contributed by atoms with Crippen molar-refractivity contribution < 1.29 is 14.3 Å². The van der Waals surface area contributed by atoms with Crippen molar-refractivity contribution in [2.24, 2.45) is 22.5 Å². The summed E-state index contributed by atoms with van der Waals surface area (Å²) in [6, 6.07) is 10.9. The van der Waals surface area contributed by atoms with Gasteiger partial charge in [0.25, 0.3) is 0 Å². The quantitative estimate of drug-likeness (QED) is 0.767. The molecule has 4 bridgehead atoms. The normalized spacial score (nSPS) is 42.6. The van der Waals surface area contributed by atoms with Crippen molar-refractivity contribution in [3.8, 4) is 0 Å². The third-order valence-corrected chi connectivity index (χ3v) is 8.65. The monoisotopic (exact) mass is 396 g/mol. The highest BCUT2D eigenvalue weighted by molar-refractivity contribution is 5.94. The highest BCUT2D eigenvalue weighted by Gasteiger charge is 2.78. The maximum Gasteiger partial charge on any atom is 0.312 e. The molecule has 5 aliphatic rings. The summed E-state index contributed by atoms with van der Waals surface area (Å²) in [7, 11) is 1.47. The molecule has 4 unspecified atom stereocenters. The molecule has 1 amide bonds. The standard InChI is InChI=1S/C24H32N2O3/c1-29-21(28)24-13-16-11-22(15-24,17-5-3-2-4-6-17)14-23(24,12-16)20(27)26-19-9-7-18(25)8-10-19/h2-6,16,18-19H,7-15,25H2,1H3,(H,26,27)/t16?,18-,19+,22?,23?,24?. The Morgan fingerprint density at radius 1 is 1.00 bits per heavy atom. The van der Waals surface area contributed by atoms with E-state index in [9.17, 15) is 9.59 Å². The number of nitrogens with two attached hydrogens (primary N) is 1. The van der Waals surface area contributed by atoms with Gasteiger partial charge in [-0.05, 0) is 74.7 Å². The van der Waals surface area contributed by atoms with Crippen LogP contribution in [0.1, 0.15) is 63.4 Å². The van der Waals surface area contributed by atoms with Gasteiger partial charge in [0.05, 0.1) is 17.9 Å². The van der Waals surface area contributed by atoms with E-state index in [4.69, 9.17) is 10.5 Å². The molecule has 5 aliphatic carbocycles. The number of carbonyl (C=O) groups is 2. The van der Waals surface area contributed by atoms with Crippen molar-refractivity contribution in [1.82, 2.24) is 5.32 Å². The van der Waals surface area contributed by atoms with Crippen LogP contribution in [0.15, 0.2) is 30.3 Å². The van der Waals surface area contributed by atoms with Gasteiger partial charge in [0.15, 0.2) is 0 Å². The van der Waals surface area contributed by atoms with Crippen molar-refractivity contribution in [2.75, 3.05) is 7.11 Å². The first kappa shape index (κ1) is 19.1. The van der Waals surface area contributed by atoms with Crippen molar-refractivity contribution in [3.63, 3.8) is 0 Å². The third-order valence-electron chi connectivity index (χ3n) is 8.65. The first-order valence-electron chi connectivity index (χ1n) is 11.1. The highest BCUT2D eigenvalue weighted by atomic mass is 16.5. The molecule has 5 nitrogen and oxygen atoms in total. The molecule has 0 aliphatic heterocycles. The number of methoxy groups -OCH3 is 1. The van der Waals surface area contributed by atoms with Gasteiger partial charge < -0.3 is 15.8 Å². The van der Waals surface area contributed by atoms with E-state index in [1.807, 2.05) is 6.07 Å². The fourth-order valence-electron chi connectivity index (χ4n) is 7.63. The summed E-state index contributed by atoms with van der Waals surface area (Å²) in [4.78, 5) is 27.0. The molecule has 0 heterocycles. The zero-order chi connectivity index (χ0) is 20.3. The highest BCUT2D eigenvalue weighted by Crippen LogP contribution is 2.76. The zero-order valence-corrected chi connectivity index (χ0v) is 17.3. The summed E-state index contributed by atoms with van der Waals surface area (Å²) in [5, 5.41) is 3.35. The predicted octanol–water partition coefficient (Wildman–Crippen LogP) is 3.06. The second-order valence-corrected chi connectivity index (χ2v) is 10.2. The summed E-state index contributed by atoms with van der Waals surface area (Å²) in [6.45, 7) is 0. The van der Waals surface area contributed by atoms with E-state index >= 15 is 0 Å². The van der Waals surface area contributed by atoms with Crippen LogP contribution >= 0.6 is 0 Å². The van der Waals surface area contributed by atoms with E-state index in [0.29, 0.717) is 5.92 Å². The SMILES string of the molecule is COC(=O)C12CC3CC(c4ccccc4)(CC1(C(=O)N[C@H]1CC[C@@H](N)CC1)C3)C2. The van der Waals surface area contributed by atoms with Crippen LogP contribution in [-0.4, -0.2) is 31.1 Å². The number of benzene rings is 1. The number of nitrogens with one attached hydrogen (secondary N) is 1. The van der Waals surface area contributed by atoms with Crippen molar-refractivity contribution in [2.45, 2.75) is 75.3 Å². The summed E-state index contributed by atoms with van der Waals surface area (Å²) in [5.74, 6) is 0.309. The van der Waals surface area contributed by atoms with E-state index in [-0.39, 0.29) is 29.4 Å². The fourth-order valence-corrected chi connectivity index (χ4v) is 7.63. The van der Waals surface area contributed by atoms with Gasteiger partial charge in [-0.15, -0.1) is 0 Å². The Bertz CT molecular complexity index is 819. The summed E-state index contributed by atoms with van der Waals surface area (Å²) < 4.78 is 5.33. The molecule has 5 heteroatoms. The lowest BCUT2D eigenvalue weighted by atomic mass is 9.63. The number of amides is 1. The Balaban J connectivity index is 1.50. The lowest BCUT2D eigenvalue weighted by Crippen LogP contribution is -2.53. The minimum atomic E-state index is -0.685.